The van der Waals surface area contributed by atoms with Crippen molar-refractivity contribution in [1.82, 2.24) is 10.1 Å². The Morgan fingerprint density at radius 2 is 2.25 bits per heavy atom. The Morgan fingerprint density at radius 1 is 1.35 bits per heavy atom. The summed E-state index contributed by atoms with van der Waals surface area (Å²) in [5.74, 6) is 0.262. The molecule has 2 N–H and O–H groups in total. The Bertz CT molecular complexity index is 594. The van der Waals surface area contributed by atoms with E-state index in [2.05, 4.69) is 10.1 Å². The number of nitrogens with two attached hydrogens (primary N) is 1. The molecule has 1 unspecified atom stereocenters. The lowest BCUT2D eigenvalue weighted by atomic mass is 10.1. The van der Waals surface area contributed by atoms with E-state index in [4.69, 9.17) is 15.0 Å². The van der Waals surface area contributed by atoms with E-state index in [1.807, 2.05) is 0 Å². The van der Waals surface area contributed by atoms with E-state index in [-0.39, 0.29) is 17.6 Å². The molecule has 6 heteroatoms. The van der Waals surface area contributed by atoms with Crippen LogP contribution in [0.3, 0.4) is 0 Å². The predicted molar refractivity (Wildman–Crippen MR) is 71.4 cm³/mol. The minimum Gasteiger partial charge on any atom is -0.399 e. The molecule has 0 bridgehead atoms. The first-order valence-corrected chi connectivity index (χ1v) is 6.72. The van der Waals surface area contributed by atoms with Crippen molar-refractivity contribution in [2.24, 2.45) is 0 Å². The second-order valence-electron chi connectivity index (χ2n) is 4.95. The van der Waals surface area contributed by atoms with E-state index in [0.717, 1.165) is 25.9 Å². The third-order valence-electron chi connectivity index (χ3n) is 3.37. The molecule has 2 heterocycles. The summed E-state index contributed by atoms with van der Waals surface area (Å²) in [6.07, 6.45) is 3.96. The fourth-order valence-corrected chi connectivity index (χ4v) is 2.33. The van der Waals surface area contributed by atoms with Crippen molar-refractivity contribution in [1.29, 1.82) is 0 Å². The first-order valence-electron chi connectivity index (χ1n) is 6.72. The maximum Gasteiger partial charge on any atom is 0.260 e. The van der Waals surface area contributed by atoms with Crippen LogP contribution in [0, 0.1) is 5.82 Å². The monoisotopic (exact) mass is 277 g/mol. The molecule has 1 aromatic heterocycles. The van der Waals surface area contributed by atoms with E-state index >= 15 is 0 Å². The summed E-state index contributed by atoms with van der Waals surface area (Å²) >= 11 is 0. The fourth-order valence-electron chi connectivity index (χ4n) is 2.33. The van der Waals surface area contributed by atoms with Gasteiger partial charge in [0.1, 0.15) is 5.82 Å². The number of halogens is 1. The summed E-state index contributed by atoms with van der Waals surface area (Å²) in [6, 6.07) is 4.27. The minimum atomic E-state index is -0.427. The van der Waals surface area contributed by atoms with Crippen LogP contribution in [0.4, 0.5) is 10.1 Å². The predicted octanol–water partition coefficient (Wildman–Crippen LogP) is 2.57. The molecule has 106 valence electrons. The number of nitrogen functional groups attached to an aromatic ring is 1. The Kier molecular flexibility index (Phi) is 3.64. The summed E-state index contributed by atoms with van der Waals surface area (Å²) in [7, 11) is 0. The highest BCUT2D eigenvalue weighted by Gasteiger charge is 2.19. The number of nitrogens with zero attached hydrogens (tertiary/aromatic N) is 2. The normalized spacial score (nSPS) is 19.1. The quantitative estimate of drug-likeness (QED) is 0.873. The number of benzene rings is 1. The molecule has 1 aliphatic heterocycles. The van der Waals surface area contributed by atoms with Crippen LogP contribution >= 0.6 is 0 Å². The molecule has 2 aromatic rings. The van der Waals surface area contributed by atoms with Gasteiger partial charge in [0.05, 0.1) is 11.7 Å². The van der Waals surface area contributed by atoms with Crippen LogP contribution in [0.25, 0.3) is 11.5 Å². The molecular formula is C14H16FN3O2. The number of aromatic nitrogens is 2. The van der Waals surface area contributed by atoms with Gasteiger partial charge in [-0.3, -0.25) is 0 Å². The smallest absolute Gasteiger partial charge is 0.260 e. The first kappa shape index (κ1) is 13.1. The lowest BCUT2D eigenvalue weighted by Crippen LogP contribution is -2.21. The van der Waals surface area contributed by atoms with Crippen LogP contribution in [-0.4, -0.2) is 22.9 Å². The molecule has 0 spiro atoms. The lowest BCUT2D eigenvalue weighted by molar-refractivity contribution is 0.0153. The zero-order chi connectivity index (χ0) is 13.9. The third kappa shape index (κ3) is 2.80. The summed E-state index contributed by atoms with van der Waals surface area (Å²) in [5, 5.41) is 3.88. The van der Waals surface area contributed by atoms with Crippen molar-refractivity contribution in [3.63, 3.8) is 0 Å². The highest BCUT2D eigenvalue weighted by atomic mass is 19.1. The van der Waals surface area contributed by atoms with Crippen LogP contribution < -0.4 is 5.73 Å². The van der Waals surface area contributed by atoms with Gasteiger partial charge < -0.3 is 15.0 Å². The topological polar surface area (TPSA) is 74.2 Å². The molecule has 5 nitrogen and oxygen atoms in total. The van der Waals surface area contributed by atoms with E-state index in [1.54, 1.807) is 0 Å². The van der Waals surface area contributed by atoms with Crippen molar-refractivity contribution < 1.29 is 13.7 Å². The maximum atomic E-state index is 13.7. The number of hydrogen-bond donors (Lipinski definition) is 1. The van der Waals surface area contributed by atoms with Gasteiger partial charge in [-0.05, 0) is 37.5 Å². The summed E-state index contributed by atoms with van der Waals surface area (Å²) in [5.41, 5.74) is 6.33. The highest BCUT2D eigenvalue weighted by molar-refractivity contribution is 5.60. The molecule has 1 aromatic carbocycles. The lowest BCUT2D eigenvalue weighted by Gasteiger charge is -2.20. The Balaban J connectivity index is 1.77. The van der Waals surface area contributed by atoms with Crippen molar-refractivity contribution in [2.45, 2.75) is 31.8 Å². The van der Waals surface area contributed by atoms with Gasteiger partial charge in [0.15, 0.2) is 5.82 Å². The van der Waals surface area contributed by atoms with Gasteiger partial charge >= 0.3 is 0 Å². The van der Waals surface area contributed by atoms with Crippen molar-refractivity contribution in [2.75, 3.05) is 12.3 Å². The molecule has 1 aliphatic rings. The number of ether oxygens (including phenoxy) is 1. The molecular weight excluding hydrogens is 261 g/mol. The summed E-state index contributed by atoms with van der Waals surface area (Å²) in [4.78, 5) is 4.22. The van der Waals surface area contributed by atoms with Crippen LogP contribution in [-0.2, 0) is 11.2 Å². The van der Waals surface area contributed by atoms with Crippen molar-refractivity contribution in [3.05, 3.63) is 29.8 Å². The first-order chi connectivity index (χ1) is 9.72. The second-order valence-corrected chi connectivity index (χ2v) is 4.95. The molecule has 0 saturated carbocycles. The summed E-state index contributed by atoms with van der Waals surface area (Å²) < 4.78 is 24.5. The average Bonchev–Trinajstić information content (AvgIpc) is 2.91. The molecule has 1 saturated heterocycles. The van der Waals surface area contributed by atoms with Crippen LogP contribution in [0.2, 0.25) is 0 Å². The summed E-state index contributed by atoms with van der Waals surface area (Å²) in [6.45, 7) is 0.777. The number of hydrogen-bond acceptors (Lipinski definition) is 5. The van der Waals surface area contributed by atoms with Crippen LogP contribution in [0.1, 0.15) is 25.1 Å². The van der Waals surface area contributed by atoms with Gasteiger partial charge in [0.2, 0.25) is 0 Å². The average molecular weight is 277 g/mol. The zero-order valence-electron chi connectivity index (χ0n) is 11.0. The molecule has 1 fully saturated rings. The van der Waals surface area contributed by atoms with Crippen molar-refractivity contribution in [3.8, 4) is 11.5 Å². The minimum absolute atomic E-state index is 0.125. The largest absolute Gasteiger partial charge is 0.399 e. The highest BCUT2D eigenvalue weighted by Crippen LogP contribution is 2.24. The molecule has 0 amide bonds. The Hall–Kier alpha value is -1.95. The standard InChI is InChI=1S/C14H16FN3O2/c15-12-5-4-9(16)7-11(12)14-17-13(18-20-14)8-10-3-1-2-6-19-10/h4-5,7,10H,1-3,6,8,16H2. The molecule has 20 heavy (non-hydrogen) atoms. The van der Waals surface area contributed by atoms with E-state index in [1.165, 1.54) is 18.2 Å². The molecule has 1 atom stereocenters. The molecule has 3 rings (SSSR count). The van der Waals surface area contributed by atoms with Gasteiger partial charge in [0, 0.05) is 18.7 Å². The zero-order valence-corrected chi connectivity index (χ0v) is 11.0. The van der Waals surface area contributed by atoms with E-state index in [9.17, 15) is 4.39 Å². The number of anilines is 1. The van der Waals surface area contributed by atoms with Gasteiger partial charge in [0.25, 0.3) is 5.89 Å². The van der Waals surface area contributed by atoms with E-state index < -0.39 is 5.82 Å². The Labute approximate surface area is 115 Å². The second kappa shape index (κ2) is 5.58. The van der Waals surface area contributed by atoms with Crippen molar-refractivity contribution >= 4 is 5.69 Å². The molecule has 0 radical (unpaired) electrons. The van der Waals surface area contributed by atoms with Gasteiger partial charge in [-0.25, -0.2) is 4.39 Å². The van der Waals surface area contributed by atoms with E-state index in [0.29, 0.717) is 17.9 Å². The third-order valence-corrected chi connectivity index (χ3v) is 3.37. The Morgan fingerprint density at radius 3 is 3.05 bits per heavy atom. The number of rotatable bonds is 3. The van der Waals surface area contributed by atoms with Crippen LogP contribution in [0.15, 0.2) is 22.7 Å². The maximum absolute atomic E-state index is 13.7. The van der Waals surface area contributed by atoms with Gasteiger partial charge in [-0.2, -0.15) is 4.98 Å². The van der Waals surface area contributed by atoms with Gasteiger partial charge in [-0.1, -0.05) is 5.16 Å². The fraction of sp³-hybridized carbons (Fsp3) is 0.429. The molecule has 0 aliphatic carbocycles. The van der Waals surface area contributed by atoms with Gasteiger partial charge in [-0.15, -0.1) is 0 Å². The SMILES string of the molecule is Nc1ccc(F)c(-c2nc(CC3CCCCO3)no2)c1. The van der Waals surface area contributed by atoms with Crippen LogP contribution in [0.5, 0.6) is 0 Å².